The molecule has 0 saturated heterocycles. The van der Waals surface area contributed by atoms with Gasteiger partial charge in [0.15, 0.2) is 6.10 Å². The molecule has 0 saturated carbocycles. The van der Waals surface area contributed by atoms with Gasteiger partial charge in [-0.3, -0.25) is 9.36 Å². The molecular formula is C20H19N3O3. The number of nitrogens with one attached hydrogen (secondary N) is 1. The number of hydrogen-bond donors (Lipinski definition) is 1. The van der Waals surface area contributed by atoms with E-state index in [4.69, 9.17) is 4.74 Å². The highest BCUT2D eigenvalue weighted by atomic mass is 16.5. The van der Waals surface area contributed by atoms with Gasteiger partial charge in [0.1, 0.15) is 5.75 Å². The summed E-state index contributed by atoms with van der Waals surface area (Å²) >= 11 is 0. The smallest absolute Gasteiger partial charge is 0.347 e. The maximum absolute atomic E-state index is 12.3. The summed E-state index contributed by atoms with van der Waals surface area (Å²) in [6, 6.07) is 18.2. The quantitative estimate of drug-likeness (QED) is 0.743. The molecule has 0 fully saturated rings. The highest BCUT2D eigenvalue weighted by Gasteiger charge is 2.15. The van der Waals surface area contributed by atoms with E-state index in [9.17, 15) is 9.59 Å². The van der Waals surface area contributed by atoms with Crippen LogP contribution in [0.2, 0.25) is 0 Å². The fraction of sp³-hybridized carbons (Fsp3) is 0.150. The third-order valence-corrected chi connectivity index (χ3v) is 3.76. The fourth-order valence-electron chi connectivity index (χ4n) is 2.45. The van der Waals surface area contributed by atoms with Crippen LogP contribution in [0.1, 0.15) is 12.5 Å². The van der Waals surface area contributed by atoms with Crippen LogP contribution in [0.5, 0.6) is 5.75 Å². The average molecular weight is 349 g/mol. The number of aromatic nitrogens is 2. The van der Waals surface area contributed by atoms with Crippen molar-refractivity contribution in [3.05, 3.63) is 89.1 Å². The molecule has 1 N–H and O–H groups in total. The van der Waals surface area contributed by atoms with E-state index in [0.717, 1.165) is 5.56 Å². The zero-order valence-electron chi connectivity index (χ0n) is 14.3. The van der Waals surface area contributed by atoms with Gasteiger partial charge in [0.25, 0.3) is 5.91 Å². The van der Waals surface area contributed by atoms with Crippen LogP contribution in [0.25, 0.3) is 0 Å². The van der Waals surface area contributed by atoms with E-state index in [1.54, 1.807) is 37.4 Å². The van der Waals surface area contributed by atoms with E-state index < -0.39 is 6.10 Å². The molecule has 1 amide bonds. The lowest BCUT2D eigenvalue weighted by molar-refractivity contribution is -0.122. The molecule has 26 heavy (non-hydrogen) atoms. The Labute approximate surface area is 151 Å². The molecule has 6 nitrogen and oxygen atoms in total. The molecule has 3 aromatic rings. The fourth-order valence-corrected chi connectivity index (χ4v) is 2.45. The first-order valence-corrected chi connectivity index (χ1v) is 8.25. The highest BCUT2D eigenvalue weighted by Crippen LogP contribution is 2.14. The number of rotatable bonds is 6. The molecule has 1 atom stereocenters. The van der Waals surface area contributed by atoms with Crippen molar-refractivity contribution >= 4 is 11.6 Å². The molecule has 6 heteroatoms. The van der Waals surface area contributed by atoms with E-state index in [1.165, 1.54) is 10.8 Å². The summed E-state index contributed by atoms with van der Waals surface area (Å²) in [5.41, 5.74) is 1.22. The molecule has 0 spiro atoms. The van der Waals surface area contributed by atoms with Crippen molar-refractivity contribution in [1.82, 2.24) is 9.55 Å². The second-order valence-electron chi connectivity index (χ2n) is 5.79. The first-order valence-electron chi connectivity index (χ1n) is 8.25. The van der Waals surface area contributed by atoms with E-state index in [1.807, 2.05) is 36.4 Å². The summed E-state index contributed by atoms with van der Waals surface area (Å²) in [4.78, 5) is 27.8. The number of benzene rings is 2. The summed E-state index contributed by atoms with van der Waals surface area (Å²) in [7, 11) is 0. The molecule has 1 heterocycles. The Balaban J connectivity index is 1.65. The number of ether oxygens (including phenoxy) is 1. The maximum Gasteiger partial charge on any atom is 0.347 e. The van der Waals surface area contributed by atoms with Crippen LogP contribution in [0.15, 0.2) is 77.9 Å². The molecular weight excluding hydrogens is 330 g/mol. The van der Waals surface area contributed by atoms with Gasteiger partial charge in [0.2, 0.25) is 0 Å². The van der Waals surface area contributed by atoms with E-state index in [-0.39, 0.29) is 11.6 Å². The number of amides is 1. The number of hydrogen-bond acceptors (Lipinski definition) is 4. The molecule has 0 bridgehead atoms. The lowest BCUT2D eigenvalue weighted by Crippen LogP contribution is -2.30. The van der Waals surface area contributed by atoms with E-state index in [2.05, 4.69) is 10.3 Å². The highest BCUT2D eigenvalue weighted by molar-refractivity contribution is 5.94. The van der Waals surface area contributed by atoms with Gasteiger partial charge in [-0.15, -0.1) is 0 Å². The normalized spacial score (nSPS) is 11.6. The van der Waals surface area contributed by atoms with Crippen LogP contribution in [0.4, 0.5) is 5.69 Å². The molecule has 0 aliphatic heterocycles. The maximum atomic E-state index is 12.3. The number of nitrogens with zero attached hydrogens (tertiary/aromatic N) is 2. The van der Waals surface area contributed by atoms with Crippen molar-refractivity contribution in [2.24, 2.45) is 0 Å². The third-order valence-electron chi connectivity index (χ3n) is 3.76. The SMILES string of the molecule is CC(Oc1ccccc1)C(=O)Nc1cccc(Cn2cccnc2=O)c1. The molecule has 0 aliphatic rings. The zero-order chi connectivity index (χ0) is 18.4. The average Bonchev–Trinajstić information content (AvgIpc) is 2.65. The van der Waals surface area contributed by atoms with Gasteiger partial charge in [0.05, 0.1) is 6.54 Å². The Kier molecular flexibility index (Phi) is 5.43. The lowest BCUT2D eigenvalue weighted by Gasteiger charge is -2.15. The van der Waals surface area contributed by atoms with Gasteiger partial charge < -0.3 is 10.1 Å². The first kappa shape index (κ1) is 17.4. The molecule has 3 rings (SSSR count). The third kappa shape index (κ3) is 4.57. The van der Waals surface area contributed by atoms with Crippen molar-refractivity contribution in [2.45, 2.75) is 19.6 Å². The summed E-state index contributed by atoms with van der Waals surface area (Å²) in [6.45, 7) is 2.08. The Morgan fingerprint density at radius 1 is 1.15 bits per heavy atom. The number of anilines is 1. The van der Waals surface area contributed by atoms with Gasteiger partial charge in [0, 0.05) is 18.1 Å². The molecule has 1 aromatic heterocycles. The van der Waals surface area contributed by atoms with E-state index in [0.29, 0.717) is 18.0 Å². The molecule has 2 aromatic carbocycles. The second kappa shape index (κ2) is 8.11. The molecule has 1 unspecified atom stereocenters. The standard InChI is InChI=1S/C20H19N3O3/c1-15(26-18-9-3-2-4-10-18)19(24)22-17-8-5-7-16(13-17)14-23-12-6-11-21-20(23)25/h2-13,15H,14H2,1H3,(H,22,24). The van der Waals surface area contributed by atoms with Crippen LogP contribution in [-0.2, 0) is 11.3 Å². The monoisotopic (exact) mass is 349 g/mol. The summed E-state index contributed by atoms with van der Waals surface area (Å²) in [5, 5.41) is 2.84. The summed E-state index contributed by atoms with van der Waals surface area (Å²) in [6.07, 6.45) is 2.50. The van der Waals surface area contributed by atoms with Gasteiger partial charge in [-0.1, -0.05) is 30.3 Å². The minimum absolute atomic E-state index is 0.246. The minimum atomic E-state index is -0.637. The van der Waals surface area contributed by atoms with Crippen LogP contribution in [-0.4, -0.2) is 21.6 Å². The van der Waals surface area contributed by atoms with Crippen molar-refractivity contribution in [3.63, 3.8) is 0 Å². The van der Waals surface area contributed by atoms with Crippen molar-refractivity contribution in [1.29, 1.82) is 0 Å². The molecule has 0 aliphatic carbocycles. The predicted octanol–water partition coefficient (Wildman–Crippen LogP) is 2.70. The lowest BCUT2D eigenvalue weighted by atomic mass is 10.2. The second-order valence-corrected chi connectivity index (χ2v) is 5.79. The van der Waals surface area contributed by atoms with Crippen molar-refractivity contribution in [3.8, 4) is 5.75 Å². The Bertz CT molecular complexity index is 938. The van der Waals surface area contributed by atoms with Gasteiger partial charge >= 0.3 is 5.69 Å². The largest absolute Gasteiger partial charge is 0.481 e. The predicted molar refractivity (Wildman–Crippen MR) is 99.2 cm³/mol. The van der Waals surface area contributed by atoms with Gasteiger partial charge in [-0.25, -0.2) is 9.78 Å². The molecule has 132 valence electrons. The van der Waals surface area contributed by atoms with Crippen LogP contribution < -0.4 is 15.7 Å². The van der Waals surface area contributed by atoms with Gasteiger partial charge in [-0.05, 0) is 42.8 Å². The topological polar surface area (TPSA) is 73.2 Å². The first-order chi connectivity index (χ1) is 12.6. The number of carbonyl (C=O) groups is 1. The van der Waals surface area contributed by atoms with Crippen molar-refractivity contribution in [2.75, 3.05) is 5.32 Å². The number of carbonyl (C=O) groups excluding carboxylic acids is 1. The van der Waals surface area contributed by atoms with Crippen LogP contribution in [0, 0.1) is 0 Å². The summed E-state index contributed by atoms with van der Waals surface area (Å²) < 4.78 is 7.13. The van der Waals surface area contributed by atoms with Crippen LogP contribution in [0.3, 0.4) is 0 Å². The Morgan fingerprint density at radius 2 is 1.96 bits per heavy atom. The number of para-hydroxylation sites is 1. The van der Waals surface area contributed by atoms with E-state index >= 15 is 0 Å². The Hall–Kier alpha value is -3.41. The minimum Gasteiger partial charge on any atom is -0.481 e. The zero-order valence-corrected chi connectivity index (χ0v) is 14.3. The van der Waals surface area contributed by atoms with Crippen LogP contribution >= 0.6 is 0 Å². The van der Waals surface area contributed by atoms with Gasteiger partial charge in [-0.2, -0.15) is 0 Å². The van der Waals surface area contributed by atoms with Crippen molar-refractivity contribution < 1.29 is 9.53 Å². The Morgan fingerprint density at radius 3 is 2.73 bits per heavy atom. The molecule has 0 radical (unpaired) electrons. The summed E-state index contributed by atoms with van der Waals surface area (Å²) in [5.74, 6) is 0.393.